The van der Waals surface area contributed by atoms with Crippen molar-refractivity contribution in [1.82, 2.24) is 4.98 Å². The summed E-state index contributed by atoms with van der Waals surface area (Å²) in [6, 6.07) is 5.87. The molecular formula is C16H16ClN3O5S2. The summed E-state index contributed by atoms with van der Waals surface area (Å²) in [5, 5.41) is 15.1. The monoisotopic (exact) mass is 429 g/mol. The number of nitrogens with zero attached hydrogens (tertiary/aromatic N) is 2. The van der Waals surface area contributed by atoms with Gasteiger partial charge in [-0.05, 0) is 25.0 Å². The molecule has 0 spiro atoms. The van der Waals surface area contributed by atoms with Gasteiger partial charge in [-0.3, -0.25) is 10.1 Å². The summed E-state index contributed by atoms with van der Waals surface area (Å²) in [6.45, 7) is -0.354. The second-order valence-corrected chi connectivity index (χ2v) is 9.58. The number of aliphatic hydroxyl groups excluding tert-OH is 1. The van der Waals surface area contributed by atoms with Gasteiger partial charge in [-0.2, -0.15) is 0 Å². The maximum atomic E-state index is 12.5. The number of amides is 1. The van der Waals surface area contributed by atoms with Gasteiger partial charge in [0.1, 0.15) is 10.9 Å². The first-order valence-corrected chi connectivity index (χ1v) is 10.7. The van der Waals surface area contributed by atoms with Gasteiger partial charge in [-0.1, -0.05) is 40.2 Å². The van der Waals surface area contributed by atoms with E-state index in [2.05, 4.69) is 15.5 Å². The Bertz CT molecular complexity index is 953. The van der Waals surface area contributed by atoms with E-state index in [-0.39, 0.29) is 34.2 Å². The lowest BCUT2D eigenvalue weighted by Crippen LogP contribution is -2.24. The maximum Gasteiger partial charge on any atom is 0.280 e. The third-order valence-corrected chi connectivity index (χ3v) is 6.98. The van der Waals surface area contributed by atoms with Crippen LogP contribution in [0.1, 0.15) is 18.4 Å². The molecule has 0 radical (unpaired) electrons. The summed E-state index contributed by atoms with van der Waals surface area (Å²) in [5.74, 6) is -0.600. The van der Waals surface area contributed by atoms with Crippen molar-refractivity contribution in [3.05, 3.63) is 40.4 Å². The van der Waals surface area contributed by atoms with E-state index in [0.29, 0.717) is 22.7 Å². The highest BCUT2D eigenvalue weighted by atomic mass is 35.5. The number of carbonyl (C=O) groups is 1. The Morgan fingerprint density at radius 2 is 2.07 bits per heavy atom. The lowest BCUT2D eigenvalue weighted by atomic mass is 10.1. The van der Waals surface area contributed by atoms with Crippen LogP contribution in [0.2, 0.25) is 4.34 Å². The third kappa shape index (κ3) is 4.83. The van der Waals surface area contributed by atoms with Crippen molar-refractivity contribution in [3.63, 3.8) is 0 Å². The SMILES string of the molecule is O=C(Nc1ncc(Cl)s1)/C(=N/OCCO)c1ccc(S(=O)(=O)C2CC2)cc1. The number of hydrogen-bond donors (Lipinski definition) is 2. The van der Waals surface area contributed by atoms with E-state index in [4.69, 9.17) is 21.5 Å². The van der Waals surface area contributed by atoms with E-state index in [1.807, 2.05) is 0 Å². The molecule has 1 amide bonds. The van der Waals surface area contributed by atoms with Gasteiger partial charge < -0.3 is 9.94 Å². The fraction of sp³-hybridized carbons (Fsp3) is 0.312. The number of sulfone groups is 1. The average molecular weight is 430 g/mol. The molecule has 144 valence electrons. The molecule has 0 saturated heterocycles. The van der Waals surface area contributed by atoms with Crippen LogP contribution in [0.5, 0.6) is 0 Å². The lowest BCUT2D eigenvalue weighted by molar-refractivity contribution is -0.110. The molecule has 27 heavy (non-hydrogen) atoms. The molecule has 3 rings (SSSR count). The van der Waals surface area contributed by atoms with E-state index >= 15 is 0 Å². The Balaban J connectivity index is 1.83. The van der Waals surface area contributed by atoms with Gasteiger partial charge in [0.2, 0.25) is 0 Å². The fourth-order valence-corrected chi connectivity index (χ4v) is 4.68. The number of thiazole rings is 1. The fourth-order valence-electron chi connectivity index (χ4n) is 2.22. The van der Waals surface area contributed by atoms with Gasteiger partial charge in [0, 0.05) is 5.56 Å². The number of hydrogen-bond acceptors (Lipinski definition) is 8. The lowest BCUT2D eigenvalue weighted by Gasteiger charge is -2.08. The van der Waals surface area contributed by atoms with Crippen LogP contribution in [0.4, 0.5) is 5.13 Å². The molecule has 8 nitrogen and oxygen atoms in total. The van der Waals surface area contributed by atoms with Crippen LogP contribution >= 0.6 is 22.9 Å². The number of aliphatic hydroxyl groups is 1. The van der Waals surface area contributed by atoms with E-state index in [1.165, 1.54) is 30.5 Å². The molecule has 0 atom stereocenters. The number of benzene rings is 1. The quantitative estimate of drug-likeness (QED) is 0.377. The minimum absolute atomic E-state index is 0.0786. The minimum Gasteiger partial charge on any atom is -0.393 e. The van der Waals surface area contributed by atoms with Crippen molar-refractivity contribution in [1.29, 1.82) is 0 Å². The number of anilines is 1. The largest absolute Gasteiger partial charge is 0.393 e. The van der Waals surface area contributed by atoms with Gasteiger partial charge >= 0.3 is 0 Å². The molecule has 1 heterocycles. The predicted octanol–water partition coefficient (Wildman–Crippen LogP) is 2.08. The van der Waals surface area contributed by atoms with Crippen LogP contribution in [0.25, 0.3) is 0 Å². The Kier molecular flexibility index (Phi) is 6.10. The molecular weight excluding hydrogens is 414 g/mol. The van der Waals surface area contributed by atoms with E-state index in [0.717, 1.165) is 11.3 Å². The van der Waals surface area contributed by atoms with Crippen LogP contribution in [-0.2, 0) is 19.5 Å². The van der Waals surface area contributed by atoms with Crippen LogP contribution in [0, 0.1) is 0 Å². The van der Waals surface area contributed by atoms with Gasteiger partial charge in [0.15, 0.2) is 20.7 Å². The summed E-state index contributed by atoms with van der Waals surface area (Å²) >= 11 is 6.88. The molecule has 1 saturated carbocycles. The standard InChI is InChI=1S/C16H16ClN3O5S2/c17-13-9-18-16(26-13)19-15(22)14(20-25-8-7-21)10-1-3-11(4-2-10)27(23,24)12-5-6-12/h1-4,9,12,21H,5-8H2,(H,18,19,22)/b20-14+. The van der Waals surface area contributed by atoms with Gasteiger partial charge in [0.25, 0.3) is 5.91 Å². The normalized spacial score (nSPS) is 14.8. The average Bonchev–Trinajstić information content (AvgIpc) is 3.43. The van der Waals surface area contributed by atoms with Gasteiger partial charge in [-0.15, -0.1) is 0 Å². The van der Waals surface area contributed by atoms with Crippen molar-refractivity contribution >= 4 is 49.5 Å². The number of oxime groups is 1. The molecule has 0 aliphatic heterocycles. The molecule has 0 bridgehead atoms. The highest BCUT2D eigenvalue weighted by Gasteiger charge is 2.36. The Morgan fingerprint density at radius 3 is 2.63 bits per heavy atom. The zero-order valence-electron chi connectivity index (χ0n) is 14.0. The van der Waals surface area contributed by atoms with E-state index < -0.39 is 15.7 Å². The molecule has 2 aromatic rings. The number of nitrogens with one attached hydrogen (secondary N) is 1. The summed E-state index contributed by atoms with van der Waals surface area (Å²) in [6.07, 6.45) is 2.74. The molecule has 0 unspecified atom stereocenters. The smallest absolute Gasteiger partial charge is 0.280 e. The van der Waals surface area contributed by atoms with Crippen LogP contribution in [-0.4, -0.2) is 48.6 Å². The maximum absolute atomic E-state index is 12.5. The van der Waals surface area contributed by atoms with Crippen molar-refractivity contribution in [2.45, 2.75) is 23.0 Å². The first-order chi connectivity index (χ1) is 12.9. The zero-order valence-corrected chi connectivity index (χ0v) is 16.4. The summed E-state index contributed by atoms with van der Waals surface area (Å²) < 4.78 is 25.0. The third-order valence-electron chi connectivity index (χ3n) is 3.67. The second-order valence-electron chi connectivity index (χ2n) is 5.69. The molecule has 1 aliphatic rings. The van der Waals surface area contributed by atoms with Gasteiger partial charge in [0.05, 0.1) is 22.9 Å². The number of carbonyl (C=O) groups excluding carboxylic acids is 1. The Labute approximate surface area is 164 Å². The number of halogens is 1. The molecule has 1 aromatic heterocycles. The van der Waals surface area contributed by atoms with Crippen molar-refractivity contribution in [2.75, 3.05) is 18.5 Å². The first-order valence-electron chi connectivity index (χ1n) is 7.99. The summed E-state index contributed by atoms with van der Waals surface area (Å²) in [5.41, 5.74) is 0.285. The molecule has 2 N–H and O–H groups in total. The molecule has 1 aromatic carbocycles. The second kappa shape index (κ2) is 8.34. The molecule has 11 heteroatoms. The van der Waals surface area contributed by atoms with Crippen LogP contribution < -0.4 is 5.32 Å². The number of aromatic nitrogens is 1. The van der Waals surface area contributed by atoms with Gasteiger partial charge in [-0.25, -0.2) is 13.4 Å². The summed E-state index contributed by atoms with van der Waals surface area (Å²) in [7, 11) is -3.32. The zero-order chi connectivity index (χ0) is 19.4. The Morgan fingerprint density at radius 1 is 1.37 bits per heavy atom. The van der Waals surface area contributed by atoms with Crippen LogP contribution in [0.15, 0.2) is 40.5 Å². The highest BCUT2D eigenvalue weighted by molar-refractivity contribution is 7.92. The van der Waals surface area contributed by atoms with Crippen molar-refractivity contribution in [2.24, 2.45) is 5.16 Å². The predicted molar refractivity (Wildman–Crippen MR) is 102 cm³/mol. The minimum atomic E-state index is -3.32. The first kappa shape index (κ1) is 19.7. The van der Waals surface area contributed by atoms with E-state index in [1.54, 1.807) is 0 Å². The van der Waals surface area contributed by atoms with E-state index in [9.17, 15) is 13.2 Å². The Hall–Kier alpha value is -2.01. The van der Waals surface area contributed by atoms with Crippen LogP contribution in [0.3, 0.4) is 0 Å². The molecule has 1 aliphatic carbocycles. The number of rotatable bonds is 8. The topological polar surface area (TPSA) is 118 Å². The highest BCUT2D eigenvalue weighted by Crippen LogP contribution is 2.33. The summed E-state index contributed by atoms with van der Waals surface area (Å²) in [4.78, 5) is 21.6. The van der Waals surface area contributed by atoms with Crippen molar-refractivity contribution in [3.8, 4) is 0 Å². The molecule has 1 fully saturated rings. The van der Waals surface area contributed by atoms with Crippen molar-refractivity contribution < 1.29 is 23.2 Å².